The van der Waals surface area contributed by atoms with Gasteiger partial charge in [0.25, 0.3) is 5.91 Å². The Morgan fingerprint density at radius 2 is 1.96 bits per heavy atom. The maximum atomic E-state index is 11.9. The van der Waals surface area contributed by atoms with Gasteiger partial charge in [0, 0.05) is 36.7 Å². The highest BCUT2D eigenvalue weighted by atomic mass is 35.5. The zero-order chi connectivity index (χ0) is 17.5. The number of benzene rings is 1. The van der Waals surface area contributed by atoms with Crippen molar-refractivity contribution in [3.8, 4) is 17.3 Å². The second-order valence-electron chi connectivity index (χ2n) is 5.25. The summed E-state index contributed by atoms with van der Waals surface area (Å²) < 4.78 is 7.35. The van der Waals surface area contributed by atoms with Crippen molar-refractivity contribution in [2.45, 2.75) is 6.54 Å². The Morgan fingerprint density at radius 3 is 2.72 bits per heavy atom. The Balaban J connectivity index is 1.46. The molecule has 0 saturated carbocycles. The maximum absolute atomic E-state index is 11.9. The highest BCUT2D eigenvalue weighted by Crippen LogP contribution is 2.15. The predicted molar refractivity (Wildman–Crippen MR) is 95.4 cm³/mol. The largest absolute Gasteiger partial charge is 0.484 e. The summed E-state index contributed by atoms with van der Waals surface area (Å²) >= 11 is 5.80. The highest BCUT2D eigenvalue weighted by molar-refractivity contribution is 6.30. The van der Waals surface area contributed by atoms with E-state index in [1.807, 2.05) is 29.0 Å². The molecule has 0 saturated heterocycles. The van der Waals surface area contributed by atoms with E-state index in [9.17, 15) is 4.79 Å². The van der Waals surface area contributed by atoms with Gasteiger partial charge in [-0.2, -0.15) is 0 Å². The summed E-state index contributed by atoms with van der Waals surface area (Å²) in [5.41, 5.74) is 0.796. The molecule has 0 aliphatic rings. The van der Waals surface area contributed by atoms with E-state index in [0.717, 1.165) is 11.5 Å². The van der Waals surface area contributed by atoms with Crippen molar-refractivity contribution in [3.63, 3.8) is 0 Å². The number of hydrogen-bond donors (Lipinski definition) is 1. The molecule has 25 heavy (non-hydrogen) atoms. The van der Waals surface area contributed by atoms with Crippen LogP contribution in [-0.4, -0.2) is 33.6 Å². The summed E-state index contributed by atoms with van der Waals surface area (Å²) in [5.74, 6) is 1.19. The number of aromatic nitrogens is 3. The van der Waals surface area contributed by atoms with Gasteiger partial charge in [-0.1, -0.05) is 17.7 Å². The molecule has 2 aromatic heterocycles. The van der Waals surface area contributed by atoms with Gasteiger partial charge in [-0.25, -0.2) is 4.98 Å². The summed E-state index contributed by atoms with van der Waals surface area (Å²) in [4.78, 5) is 20.5. The average molecular weight is 357 g/mol. The molecule has 1 N–H and O–H groups in total. The normalized spacial score (nSPS) is 10.4. The molecule has 0 spiro atoms. The first kappa shape index (κ1) is 17.0. The number of rotatable bonds is 7. The molecule has 3 rings (SSSR count). The number of carbonyl (C=O) groups is 1. The van der Waals surface area contributed by atoms with Gasteiger partial charge in [-0.15, -0.1) is 0 Å². The van der Waals surface area contributed by atoms with Crippen LogP contribution in [0.25, 0.3) is 11.5 Å². The number of imidazole rings is 1. The topological polar surface area (TPSA) is 69.0 Å². The van der Waals surface area contributed by atoms with Gasteiger partial charge in [-0.3, -0.25) is 9.78 Å². The van der Waals surface area contributed by atoms with Crippen LogP contribution in [-0.2, 0) is 11.3 Å². The van der Waals surface area contributed by atoms with Crippen LogP contribution in [0, 0.1) is 0 Å². The van der Waals surface area contributed by atoms with Gasteiger partial charge in [0.15, 0.2) is 12.4 Å². The molecule has 2 heterocycles. The lowest BCUT2D eigenvalue weighted by Gasteiger charge is -2.10. The second-order valence-corrected chi connectivity index (χ2v) is 5.69. The minimum Gasteiger partial charge on any atom is -0.484 e. The molecule has 0 aliphatic carbocycles. The third kappa shape index (κ3) is 4.81. The fraction of sp³-hybridized carbons (Fsp3) is 0.167. The molecule has 0 bridgehead atoms. The first-order valence-corrected chi connectivity index (χ1v) is 8.18. The van der Waals surface area contributed by atoms with E-state index < -0.39 is 0 Å². The van der Waals surface area contributed by atoms with Crippen LogP contribution in [0.2, 0.25) is 5.02 Å². The predicted octanol–water partition coefficient (Wildman–Crippen LogP) is 2.79. The van der Waals surface area contributed by atoms with Crippen molar-refractivity contribution >= 4 is 17.5 Å². The Labute approximate surface area is 150 Å². The number of ether oxygens (including phenoxy) is 1. The van der Waals surface area contributed by atoms with E-state index in [0.29, 0.717) is 23.9 Å². The molecule has 0 radical (unpaired) electrons. The molecule has 1 amide bonds. The molecule has 7 heteroatoms. The SMILES string of the molecule is O=C(COc1ccc(Cl)cc1)NCCn1ccnc1-c1ccccn1. The molecule has 1 aromatic carbocycles. The van der Waals surface area contributed by atoms with Gasteiger partial charge < -0.3 is 14.6 Å². The number of nitrogens with zero attached hydrogens (tertiary/aromatic N) is 3. The van der Waals surface area contributed by atoms with E-state index in [-0.39, 0.29) is 12.5 Å². The minimum atomic E-state index is -0.186. The van der Waals surface area contributed by atoms with Gasteiger partial charge in [-0.05, 0) is 36.4 Å². The molecule has 3 aromatic rings. The van der Waals surface area contributed by atoms with Crippen LogP contribution in [0.5, 0.6) is 5.75 Å². The third-order valence-electron chi connectivity index (χ3n) is 3.47. The standard InChI is InChI=1S/C18H17ClN4O2/c19-14-4-6-15(7-5-14)25-13-17(24)21-9-11-23-12-10-22-18(23)16-3-1-2-8-20-16/h1-8,10,12H,9,11,13H2,(H,21,24). The quantitative estimate of drug-likeness (QED) is 0.706. The lowest BCUT2D eigenvalue weighted by molar-refractivity contribution is -0.123. The summed E-state index contributed by atoms with van der Waals surface area (Å²) in [7, 11) is 0. The van der Waals surface area contributed by atoms with Crippen LogP contribution in [0.4, 0.5) is 0 Å². The van der Waals surface area contributed by atoms with Crippen molar-refractivity contribution < 1.29 is 9.53 Å². The molecule has 0 unspecified atom stereocenters. The third-order valence-corrected chi connectivity index (χ3v) is 3.72. The lowest BCUT2D eigenvalue weighted by atomic mass is 10.3. The summed E-state index contributed by atoms with van der Waals surface area (Å²) in [5, 5.41) is 3.45. The van der Waals surface area contributed by atoms with E-state index in [1.54, 1.807) is 36.7 Å². The van der Waals surface area contributed by atoms with Crippen molar-refractivity contribution in [2.24, 2.45) is 0 Å². The molecule has 0 aliphatic heterocycles. The van der Waals surface area contributed by atoms with Gasteiger partial charge in [0.2, 0.25) is 0 Å². The Kier molecular flexibility index (Phi) is 5.64. The summed E-state index contributed by atoms with van der Waals surface area (Å²) in [6, 6.07) is 12.5. The number of amides is 1. The highest BCUT2D eigenvalue weighted by Gasteiger charge is 2.07. The second kappa shape index (κ2) is 8.30. The van der Waals surface area contributed by atoms with Crippen LogP contribution >= 0.6 is 11.6 Å². The summed E-state index contributed by atoms with van der Waals surface area (Å²) in [6.45, 7) is 1.02. The van der Waals surface area contributed by atoms with Crippen LogP contribution in [0.3, 0.4) is 0 Å². The Hall–Kier alpha value is -2.86. The van der Waals surface area contributed by atoms with Crippen molar-refractivity contribution in [2.75, 3.05) is 13.2 Å². The Bertz CT molecular complexity index is 819. The molecule has 0 atom stereocenters. The van der Waals surface area contributed by atoms with Crippen LogP contribution in [0.1, 0.15) is 0 Å². The van der Waals surface area contributed by atoms with E-state index in [1.165, 1.54) is 0 Å². The lowest BCUT2D eigenvalue weighted by Crippen LogP contribution is -2.31. The maximum Gasteiger partial charge on any atom is 0.258 e. The molecule has 6 nitrogen and oxygen atoms in total. The molecular weight excluding hydrogens is 340 g/mol. The van der Waals surface area contributed by atoms with Gasteiger partial charge >= 0.3 is 0 Å². The van der Waals surface area contributed by atoms with Crippen molar-refractivity contribution in [3.05, 3.63) is 66.1 Å². The van der Waals surface area contributed by atoms with E-state index >= 15 is 0 Å². The van der Waals surface area contributed by atoms with Crippen molar-refractivity contribution in [1.82, 2.24) is 19.9 Å². The van der Waals surface area contributed by atoms with Gasteiger partial charge in [0.1, 0.15) is 11.4 Å². The number of halogens is 1. The van der Waals surface area contributed by atoms with Gasteiger partial charge in [0.05, 0.1) is 0 Å². The first-order valence-electron chi connectivity index (χ1n) is 7.80. The fourth-order valence-corrected chi connectivity index (χ4v) is 2.39. The molecular formula is C18H17ClN4O2. The zero-order valence-corrected chi connectivity index (χ0v) is 14.2. The van der Waals surface area contributed by atoms with Crippen LogP contribution < -0.4 is 10.1 Å². The van der Waals surface area contributed by atoms with Crippen LogP contribution in [0.15, 0.2) is 61.1 Å². The Morgan fingerprint density at radius 1 is 1.12 bits per heavy atom. The van der Waals surface area contributed by atoms with Crippen molar-refractivity contribution in [1.29, 1.82) is 0 Å². The summed E-state index contributed by atoms with van der Waals surface area (Å²) in [6.07, 6.45) is 5.31. The first-order chi connectivity index (χ1) is 12.2. The number of pyridine rings is 1. The van der Waals surface area contributed by atoms with E-state index in [4.69, 9.17) is 16.3 Å². The molecule has 128 valence electrons. The minimum absolute atomic E-state index is 0.0430. The smallest absolute Gasteiger partial charge is 0.258 e. The monoisotopic (exact) mass is 356 g/mol. The van der Waals surface area contributed by atoms with E-state index in [2.05, 4.69) is 15.3 Å². The average Bonchev–Trinajstić information content (AvgIpc) is 3.10. The zero-order valence-electron chi connectivity index (χ0n) is 13.4. The number of hydrogen-bond acceptors (Lipinski definition) is 4. The number of nitrogens with one attached hydrogen (secondary N) is 1. The number of carbonyl (C=O) groups excluding carboxylic acids is 1. The molecule has 0 fully saturated rings. The fourth-order valence-electron chi connectivity index (χ4n) is 2.26.